The second kappa shape index (κ2) is 6.07. The maximum Gasteiger partial charge on any atom is 0.269 e. The second-order valence-corrected chi connectivity index (χ2v) is 7.90. The van der Waals surface area contributed by atoms with E-state index < -0.39 is 6.62 Å². The number of hydrogen-bond donors (Lipinski definition) is 0. The van der Waals surface area contributed by atoms with Crippen LogP contribution >= 0.6 is 22.1 Å². The van der Waals surface area contributed by atoms with Gasteiger partial charge in [0.05, 0.1) is 4.92 Å². The maximum absolute atomic E-state index is 10.6. The minimum Gasteiger partial charge on any atom is -0.258 e. The van der Waals surface area contributed by atoms with Crippen molar-refractivity contribution in [2.24, 2.45) is 0 Å². The fraction of sp³-hybridized carbons (Fsp3) is 0.0769. The fourth-order valence-corrected chi connectivity index (χ4v) is 4.34. The van der Waals surface area contributed by atoms with Crippen LogP contribution in [0.15, 0.2) is 54.6 Å². The molecule has 0 heterocycles. The summed E-state index contributed by atoms with van der Waals surface area (Å²) >= 11 is 3.68. The lowest BCUT2D eigenvalue weighted by Crippen LogP contribution is -1.99. The van der Waals surface area contributed by atoms with Gasteiger partial charge in [0.1, 0.15) is 0 Å². The van der Waals surface area contributed by atoms with Gasteiger partial charge in [0, 0.05) is 18.3 Å². The molecule has 2 aromatic carbocycles. The van der Waals surface area contributed by atoms with Gasteiger partial charge in [0.15, 0.2) is 0 Å². The van der Waals surface area contributed by atoms with Crippen LogP contribution in [-0.2, 0) is 6.16 Å². The Labute approximate surface area is 114 Å². The third-order valence-corrected chi connectivity index (χ3v) is 5.99. The van der Waals surface area contributed by atoms with Crippen LogP contribution in [0.3, 0.4) is 0 Å². The lowest BCUT2D eigenvalue weighted by molar-refractivity contribution is -0.384. The molecule has 0 N–H and O–H groups in total. The van der Waals surface area contributed by atoms with Crippen molar-refractivity contribution in [1.82, 2.24) is 0 Å². The molecule has 0 spiro atoms. The molecular formula is C13H11BrNO2P. The zero-order valence-electron chi connectivity index (χ0n) is 9.49. The van der Waals surface area contributed by atoms with Gasteiger partial charge in [-0.2, -0.15) is 0 Å². The van der Waals surface area contributed by atoms with E-state index in [9.17, 15) is 10.1 Å². The summed E-state index contributed by atoms with van der Waals surface area (Å²) in [6.45, 7) is -0.494. The topological polar surface area (TPSA) is 43.1 Å². The smallest absolute Gasteiger partial charge is 0.258 e. The van der Waals surface area contributed by atoms with Crippen molar-refractivity contribution in [2.75, 3.05) is 0 Å². The quantitative estimate of drug-likeness (QED) is 0.480. The van der Waals surface area contributed by atoms with Gasteiger partial charge in [-0.15, -0.1) is 0 Å². The molecule has 0 saturated heterocycles. The van der Waals surface area contributed by atoms with Gasteiger partial charge in [-0.25, -0.2) is 0 Å². The molecule has 0 aliphatic carbocycles. The summed E-state index contributed by atoms with van der Waals surface area (Å²) < 4.78 is 0. The SMILES string of the molecule is O=[N+]([O-])c1ccc(P(Br)Cc2ccccc2)cc1. The molecule has 1 unspecified atom stereocenters. The third kappa shape index (κ3) is 3.37. The highest BCUT2D eigenvalue weighted by atomic mass is 79.9. The van der Waals surface area contributed by atoms with E-state index in [1.54, 1.807) is 12.1 Å². The van der Waals surface area contributed by atoms with Crippen molar-refractivity contribution >= 4 is 33.1 Å². The Hall–Kier alpha value is -1.25. The van der Waals surface area contributed by atoms with Crippen molar-refractivity contribution < 1.29 is 4.92 Å². The summed E-state index contributed by atoms with van der Waals surface area (Å²) in [5.41, 5.74) is 1.40. The monoisotopic (exact) mass is 323 g/mol. The molecule has 0 aliphatic heterocycles. The van der Waals surface area contributed by atoms with E-state index in [2.05, 4.69) is 27.6 Å². The second-order valence-electron chi connectivity index (χ2n) is 3.78. The van der Waals surface area contributed by atoms with E-state index in [1.807, 2.05) is 30.3 Å². The molecule has 0 radical (unpaired) electrons. The molecule has 0 aromatic heterocycles. The number of benzene rings is 2. The summed E-state index contributed by atoms with van der Waals surface area (Å²) in [5.74, 6) is 0. The highest BCUT2D eigenvalue weighted by molar-refractivity contribution is 9.40. The Balaban J connectivity index is 2.09. The van der Waals surface area contributed by atoms with Crippen LogP contribution in [0, 0.1) is 10.1 Å². The Morgan fingerprint density at radius 3 is 2.22 bits per heavy atom. The Morgan fingerprint density at radius 2 is 1.67 bits per heavy atom. The van der Waals surface area contributed by atoms with Gasteiger partial charge in [-0.1, -0.05) is 45.8 Å². The van der Waals surface area contributed by atoms with Crippen LogP contribution in [0.2, 0.25) is 0 Å². The number of non-ortho nitro benzene ring substituents is 1. The normalized spacial score (nSPS) is 12.1. The van der Waals surface area contributed by atoms with Gasteiger partial charge < -0.3 is 0 Å². The van der Waals surface area contributed by atoms with E-state index in [-0.39, 0.29) is 10.6 Å². The number of nitro groups is 1. The molecule has 0 saturated carbocycles. The van der Waals surface area contributed by atoms with Crippen LogP contribution < -0.4 is 5.30 Å². The number of rotatable bonds is 4. The zero-order chi connectivity index (χ0) is 13.0. The molecule has 0 fully saturated rings. The lowest BCUT2D eigenvalue weighted by Gasteiger charge is -2.10. The summed E-state index contributed by atoms with van der Waals surface area (Å²) in [7, 11) is 0. The molecule has 92 valence electrons. The standard InChI is InChI=1S/C13H11BrNO2P/c14-18(10-11-4-2-1-3-5-11)13-8-6-12(7-9-13)15(16)17/h1-9H,10H2. The Bertz CT molecular complexity index is 530. The molecule has 0 bridgehead atoms. The first-order valence-corrected chi connectivity index (χ1v) is 8.93. The highest BCUT2D eigenvalue weighted by Gasteiger charge is 2.10. The molecular weight excluding hydrogens is 313 g/mol. The first-order chi connectivity index (χ1) is 8.66. The van der Waals surface area contributed by atoms with E-state index in [4.69, 9.17) is 0 Å². The van der Waals surface area contributed by atoms with Crippen LogP contribution in [-0.4, -0.2) is 4.92 Å². The largest absolute Gasteiger partial charge is 0.269 e. The Morgan fingerprint density at radius 1 is 1.06 bits per heavy atom. The van der Waals surface area contributed by atoms with Crippen molar-refractivity contribution in [1.29, 1.82) is 0 Å². The molecule has 0 aliphatic rings. The van der Waals surface area contributed by atoms with Gasteiger partial charge in [0.25, 0.3) is 5.69 Å². The van der Waals surface area contributed by atoms with Crippen LogP contribution in [0.5, 0.6) is 0 Å². The first-order valence-electron chi connectivity index (χ1n) is 5.38. The number of nitro benzene ring substituents is 1. The molecule has 0 amide bonds. The molecule has 2 rings (SSSR count). The maximum atomic E-state index is 10.6. The van der Waals surface area contributed by atoms with Gasteiger partial charge in [0.2, 0.25) is 0 Å². The number of hydrogen-bond acceptors (Lipinski definition) is 2. The zero-order valence-corrected chi connectivity index (χ0v) is 12.0. The molecule has 18 heavy (non-hydrogen) atoms. The minimum atomic E-state index is -0.494. The predicted molar refractivity (Wildman–Crippen MR) is 78.7 cm³/mol. The third-order valence-electron chi connectivity index (χ3n) is 2.50. The summed E-state index contributed by atoms with van der Waals surface area (Å²) in [4.78, 5) is 10.2. The van der Waals surface area contributed by atoms with Crippen molar-refractivity contribution in [2.45, 2.75) is 6.16 Å². The Kier molecular flexibility index (Phi) is 4.45. The summed E-state index contributed by atoms with van der Waals surface area (Å²) in [6, 6.07) is 16.9. The van der Waals surface area contributed by atoms with Crippen molar-refractivity contribution in [3.05, 3.63) is 70.3 Å². The average Bonchev–Trinajstić information content (AvgIpc) is 2.40. The molecule has 5 heteroatoms. The minimum absolute atomic E-state index is 0.134. The molecule has 2 aromatic rings. The predicted octanol–water partition coefficient (Wildman–Crippen LogP) is 4.21. The fourth-order valence-electron chi connectivity index (χ4n) is 1.57. The summed E-state index contributed by atoms with van der Waals surface area (Å²) in [5, 5.41) is 11.7. The van der Waals surface area contributed by atoms with Gasteiger partial charge >= 0.3 is 0 Å². The van der Waals surface area contributed by atoms with Crippen LogP contribution in [0.4, 0.5) is 5.69 Å². The lowest BCUT2D eigenvalue weighted by atomic mass is 10.2. The van der Waals surface area contributed by atoms with Gasteiger partial charge in [-0.05, 0) is 29.6 Å². The highest BCUT2D eigenvalue weighted by Crippen LogP contribution is 2.46. The van der Waals surface area contributed by atoms with E-state index in [0.717, 1.165) is 11.5 Å². The van der Waals surface area contributed by atoms with Crippen LogP contribution in [0.1, 0.15) is 5.56 Å². The van der Waals surface area contributed by atoms with E-state index in [0.29, 0.717) is 0 Å². The summed E-state index contributed by atoms with van der Waals surface area (Å²) in [6.07, 6.45) is 0.925. The first kappa shape index (κ1) is 13.2. The molecule has 3 nitrogen and oxygen atoms in total. The van der Waals surface area contributed by atoms with Gasteiger partial charge in [-0.3, -0.25) is 10.1 Å². The molecule has 1 atom stereocenters. The average molecular weight is 324 g/mol. The van der Waals surface area contributed by atoms with E-state index in [1.165, 1.54) is 5.56 Å². The van der Waals surface area contributed by atoms with Crippen molar-refractivity contribution in [3.8, 4) is 0 Å². The van der Waals surface area contributed by atoms with E-state index >= 15 is 0 Å². The van der Waals surface area contributed by atoms with Crippen molar-refractivity contribution in [3.63, 3.8) is 0 Å². The van der Waals surface area contributed by atoms with Crippen LogP contribution in [0.25, 0.3) is 0 Å². The number of halogens is 1. The number of nitrogens with zero attached hydrogens (tertiary/aromatic N) is 1.